The van der Waals surface area contributed by atoms with Gasteiger partial charge in [0, 0.05) is 0 Å². The van der Waals surface area contributed by atoms with Gasteiger partial charge in [0.15, 0.2) is 2.14 Å². The molecule has 0 saturated heterocycles. The van der Waals surface area contributed by atoms with Crippen LogP contribution < -0.4 is 0 Å². The van der Waals surface area contributed by atoms with Gasteiger partial charge in [0.1, 0.15) is 9.91 Å². The van der Waals surface area contributed by atoms with E-state index in [9.17, 15) is 4.39 Å². The van der Waals surface area contributed by atoms with E-state index >= 15 is 0 Å². The van der Waals surface area contributed by atoms with Gasteiger partial charge in [0.05, 0.1) is 0 Å². The van der Waals surface area contributed by atoms with Gasteiger partial charge >= 0.3 is 0 Å². The summed E-state index contributed by atoms with van der Waals surface area (Å²) < 4.78 is 10.6. The van der Waals surface area contributed by atoms with Gasteiger partial charge in [0.2, 0.25) is 0 Å². The van der Waals surface area contributed by atoms with Crippen LogP contribution in [0.2, 0.25) is 0 Å². The third kappa shape index (κ3) is 3.49. The third-order valence-corrected chi connectivity index (χ3v) is 7.42. The molecule has 0 spiro atoms. The zero-order chi connectivity index (χ0) is 7.71. The standard InChI is InChI=1S/C3H2Br5F/c4-2(5,1-9)3(6,7)8/h1H2. The van der Waals surface area contributed by atoms with E-state index in [-0.39, 0.29) is 0 Å². The Morgan fingerprint density at radius 1 is 1.00 bits per heavy atom. The second-order valence-electron chi connectivity index (χ2n) is 1.34. The average molecular weight is 457 g/mol. The Kier molecular flexibility index (Phi) is 4.82. The maximum Gasteiger partial charge on any atom is 0.162 e. The summed E-state index contributed by atoms with van der Waals surface area (Å²) in [6.07, 6.45) is 0. The van der Waals surface area contributed by atoms with E-state index in [2.05, 4.69) is 79.6 Å². The number of hydrogen-bond donors (Lipinski definition) is 0. The predicted molar refractivity (Wildman–Crippen MR) is 56.1 cm³/mol. The molecule has 0 bridgehead atoms. The molecule has 0 N–H and O–H groups in total. The fourth-order valence-electron chi connectivity index (χ4n) is 0.0758. The van der Waals surface area contributed by atoms with E-state index in [0.29, 0.717) is 0 Å². The molecule has 0 nitrogen and oxygen atoms in total. The number of alkyl halides is 6. The van der Waals surface area contributed by atoms with Crippen LogP contribution >= 0.6 is 79.6 Å². The van der Waals surface area contributed by atoms with Crippen LogP contribution in [0.4, 0.5) is 4.39 Å². The predicted octanol–water partition coefficient (Wildman–Crippen LogP) is 4.28. The SMILES string of the molecule is FCC(Br)(Br)C(Br)(Br)Br. The molecule has 6 heteroatoms. The Bertz CT molecular complexity index is 94.9. The molecular weight excluding hydrogens is 455 g/mol. The summed E-state index contributed by atoms with van der Waals surface area (Å²) in [6.45, 7) is -0.547. The first-order chi connectivity index (χ1) is 3.81. The van der Waals surface area contributed by atoms with E-state index in [4.69, 9.17) is 0 Å². The van der Waals surface area contributed by atoms with Gasteiger partial charge in [-0.15, -0.1) is 0 Å². The van der Waals surface area contributed by atoms with Gasteiger partial charge in [0.25, 0.3) is 0 Å². The third-order valence-electron chi connectivity index (χ3n) is 0.583. The highest BCUT2D eigenvalue weighted by Gasteiger charge is 2.42. The van der Waals surface area contributed by atoms with Crippen LogP contribution in [-0.2, 0) is 0 Å². The highest BCUT2D eigenvalue weighted by Crippen LogP contribution is 2.52. The lowest BCUT2D eigenvalue weighted by Gasteiger charge is -2.25. The molecule has 0 saturated carbocycles. The van der Waals surface area contributed by atoms with Crippen LogP contribution in [0.3, 0.4) is 0 Å². The summed E-state index contributed by atoms with van der Waals surface area (Å²) in [5.41, 5.74) is 0. The lowest BCUT2D eigenvalue weighted by atomic mass is 10.5. The minimum atomic E-state index is -0.812. The van der Waals surface area contributed by atoms with Gasteiger partial charge in [-0.25, -0.2) is 4.39 Å². The van der Waals surface area contributed by atoms with Crippen molar-refractivity contribution in [1.82, 2.24) is 0 Å². The minimum absolute atomic E-state index is 0.547. The highest BCUT2D eigenvalue weighted by molar-refractivity contribution is 9.41. The lowest BCUT2D eigenvalue weighted by molar-refractivity contribution is 0.482. The van der Waals surface area contributed by atoms with Gasteiger partial charge in [-0.3, -0.25) is 0 Å². The van der Waals surface area contributed by atoms with Crippen molar-refractivity contribution < 1.29 is 4.39 Å². The Balaban J connectivity index is 4.14. The summed E-state index contributed by atoms with van der Waals surface area (Å²) in [7, 11) is 0. The molecule has 0 aromatic heterocycles. The second-order valence-corrected chi connectivity index (χ2v) is 11.9. The summed E-state index contributed by atoms with van der Waals surface area (Å²) >= 11 is 15.7. The van der Waals surface area contributed by atoms with Crippen molar-refractivity contribution >= 4 is 79.6 Å². The highest BCUT2D eigenvalue weighted by atomic mass is 80.0. The van der Waals surface area contributed by atoms with Crippen LogP contribution in [0.1, 0.15) is 0 Å². The minimum Gasteiger partial charge on any atom is -0.248 e. The van der Waals surface area contributed by atoms with Crippen LogP contribution in [0.5, 0.6) is 0 Å². The first-order valence-electron chi connectivity index (χ1n) is 1.82. The van der Waals surface area contributed by atoms with Crippen molar-refractivity contribution in [2.45, 2.75) is 5.38 Å². The molecule has 0 aliphatic carbocycles. The second kappa shape index (κ2) is 3.83. The fourth-order valence-corrected chi connectivity index (χ4v) is 0.394. The molecule has 0 fully saturated rings. The van der Waals surface area contributed by atoms with Gasteiger partial charge in [-0.2, -0.15) is 0 Å². The zero-order valence-electron chi connectivity index (χ0n) is 3.97. The van der Waals surface area contributed by atoms with Crippen LogP contribution in [0.25, 0.3) is 0 Å². The van der Waals surface area contributed by atoms with Crippen LogP contribution in [-0.4, -0.2) is 12.1 Å². The van der Waals surface area contributed by atoms with Crippen LogP contribution in [0.15, 0.2) is 0 Å². The van der Waals surface area contributed by atoms with Gasteiger partial charge < -0.3 is 0 Å². The van der Waals surface area contributed by atoms with E-state index in [1.165, 1.54) is 0 Å². The summed E-state index contributed by atoms with van der Waals surface area (Å²) in [4.78, 5) is 0. The first-order valence-corrected chi connectivity index (χ1v) is 5.78. The van der Waals surface area contributed by atoms with Crippen molar-refractivity contribution in [3.8, 4) is 0 Å². The number of halogens is 6. The molecule has 0 aliphatic heterocycles. The molecule has 0 aromatic carbocycles. The first kappa shape index (κ1) is 11.3. The molecule has 9 heavy (non-hydrogen) atoms. The molecule has 0 rings (SSSR count). The van der Waals surface area contributed by atoms with Crippen molar-refractivity contribution in [3.63, 3.8) is 0 Å². The monoisotopic (exact) mass is 452 g/mol. The quantitative estimate of drug-likeness (QED) is 0.517. The largest absolute Gasteiger partial charge is 0.248 e. The Labute approximate surface area is 95.0 Å². The maximum absolute atomic E-state index is 12.1. The molecule has 0 radical (unpaired) electrons. The number of rotatable bonds is 1. The molecule has 56 valence electrons. The van der Waals surface area contributed by atoms with E-state index in [1.807, 2.05) is 0 Å². The maximum atomic E-state index is 12.1. The topological polar surface area (TPSA) is 0 Å². The molecule has 0 heterocycles. The molecular formula is C3H2Br5F. The number of hydrogen-bond acceptors (Lipinski definition) is 0. The van der Waals surface area contributed by atoms with E-state index < -0.39 is 12.1 Å². The van der Waals surface area contributed by atoms with Gasteiger partial charge in [-0.1, -0.05) is 79.6 Å². The van der Waals surface area contributed by atoms with Crippen LogP contribution in [0, 0.1) is 0 Å². The molecule has 0 unspecified atom stereocenters. The molecule has 0 amide bonds. The van der Waals surface area contributed by atoms with Crippen molar-refractivity contribution in [2.75, 3.05) is 6.67 Å². The van der Waals surface area contributed by atoms with Crippen molar-refractivity contribution in [2.24, 2.45) is 0 Å². The van der Waals surface area contributed by atoms with E-state index in [1.54, 1.807) is 0 Å². The Morgan fingerprint density at radius 2 is 1.33 bits per heavy atom. The van der Waals surface area contributed by atoms with E-state index in [0.717, 1.165) is 0 Å². The van der Waals surface area contributed by atoms with Gasteiger partial charge in [-0.05, 0) is 0 Å². The Hall–Kier alpha value is 2.33. The average Bonchev–Trinajstić information content (AvgIpc) is 1.64. The molecule has 0 aromatic rings. The normalized spacial score (nSPS) is 14.0. The fraction of sp³-hybridized carbons (Fsp3) is 1.00. The lowest BCUT2D eigenvalue weighted by Crippen LogP contribution is -2.30. The van der Waals surface area contributed by atoms with Crippen molar-refractivity contribution in [3.05, 3.63) is 0 Å². The molecule has 0 atom stereocenters. The summed E-state index contributed by atoms with van der Waals surface area (Å²) in [5.74, 6) is 0. The summed E-state index contributed by atoms with van der Waals surface area (Å²) in [5, 5.41) is 0. The zero-order valence-corrected chi connectivity index (χ0v) is 11.9. The summed E-state index contributed by atoms with van der Waals surface area (Å²) in [6, 6.07) is 0. The Morgan fingerprint density at radius 3 is 1.33 bits per heavy atom. The van der Waals surface area contributed by atoms with Crippen molar-refractivity contribution in [1.29, 1.82) is 0 Å². The smallest absolute Gasteiger partial charge is 0.162 e. The molecule has 0 aliphatic rings.